The third-order valence-corrected chi connectivity index (χ3v) is 10.6. The minimum absolute atomic E-state index is 0.0194. The van der Waals surface area contributed by atoms with E-state index >= 15 is 0 Å². The molecule has 0 saturated carbocycles. The number of rotatable bonds is 12. The van der Waals surface area contributed by atoms with Crippen molar-refractivity contribution < 1.29 is 23.9 Å². The Bertz CT molecular complexity index is 2790. The average Bonchev–Trinajstić information content (AvgIpc) is 3.28. The van der Waals surface area contributed by atoms with Crippen LogP contribution in [0.2, 0.25) is 0 Å². The summed E-state index contributed by atoms with van der Waals surface area (Å²) in [5.74, 6) is -4.27. The molecule has 6 aromatic rings. The number of allylic oxidation sites excluding steroid dienone is 2. The first-order chi connectivity index (χ1) is 28.3. The van der Waals surface area contributed by atoms with E-state index in [1.54, 1.807) is 182 Å². The number of hydroxylamine groups is 2. The van der Waals surface area contributed by atoms with Gasteiger partial charge in [-0.3, -0.25) is 19.2 Å². The normalized spacial score (nSPS) is 14.7. The average molecular weight is 761 g/mol. The molecule has 0 spiro atoms. The summed E-state index contributed by atoms with van der Waals surface area (Å²) in [7, 11) is 0. The van der Waals surface area contributed by atoms with Crippen molar-refractivity contribution in [2.45, 2.75) is 12.8 Å². The first kappa shape index (κ1) is 37.5. The molecule has 0 bridgehead atoms. The minimum Gasteiger partial charge on any atom is -0.754 e. The molecule has 8 rings (SSSR count). The fourth-order valence-corrected chi connectivity index (χ4v) is 7.64. The highest BCUT2D eigenvalue weighted by Gasteiger charge is 2.39. The molecule has 8 nitrogen and oxygen atoms in total. The summed E-state index contributed by atoms with van der Waals surface area (Å²) >= 11 is 0. The van der Waals surface area contributed by atoms with Gasteiger partial charge in [-0.25, -0.2) is 0 Å². The number of carbonyl (C=O) groups excluding carboxylic acids is 4. The van der Waals surface area contributed by atoms with Crippen LogP contribution in [0.3, 0.4) is 0 Å². The maximum atomic E-state index is 14.9. The van der Waals surface area contributed by atoms with Crippen LogP contribution >= 0.6 is 0 Å². The smallest absolute Gasteiger partial charge is 0.286 e. The lowest BCUT2D eigenvalue weighted by Crippen LogP contribution is -2.41. The lowest BCUT2D eigenvalue weighted by molar-refractivity contribution is -0.398. The van der Waals surface area contributed by atoms with Gasteiger partial charge < -0.3 is 10.3 Å². The summed E-state index contributed by atoms with van der Waals surface area (Å²) < 4.78 is 0.635. The van der Waals surface area contributed by atoms with Crippen LogP contribution in [0.15, 0.2) is 181 Å². The number of carbonyl (C=O) groups is 4. The lowest BCUT2D eigenvalue weighted by Gasteiger charge is -2.37. The fourth-order valence-electron chi connectivity index (χ4n) is 7.64. The molecular weight excluding hydrogens is 725 g/mol. The minimum atomic E-state index is -1.26. The van der Waals surface area contributed by atoms with E-state index in [1.165, 1.54) is 0 Å². The Morgan fingerprint density at radius 3 is 1.28 bits per heavy atom. The number of nitrogens with zero attached hydrogens (tertiary/aromatic N) is 2. The second-order valence-corrected chi connectivity index (χ2v) is 14.2. The molecule has 8 heteroatoms. The van der Waals surface area contributed by atoms with Gasteiger partial charge in [-0.1, -0.05) is 164 Å². The molecule has 0 aliphatic carbocycles. The molecule has 2 heterocycles. The third-order valence-electron chi connectivity index (χ3n) is 10.6. The monoisotopic (exact) mass is 760 g/mol. The van der Waals surface area contributed by atoms with E-state index in [0.717, 1.165) is 0 Å². The summed E-state index contributed by atoms with van der Waals surface area (Å²) in [6.45, 7) is 0. The maximum absolute atomic E-state index is 14.9. The molecule has 0 aromatic heterocycles. The first-order valence-electron chi connectivity index (χ1n) is 19.0. The number of hydrogen-bond acceptors (Lipinski definition) is 7. The van der Waals surface area contributed by atoms with Crippen molar-refractivity contribution in [1.82, 2.24) is 5.06 Å². The quantitative estimate of drug-likeness (QED) is 0.0793. The van der Waals surface area contributed by atoms with Crippen LogP contribution in [-0.2, 0) is 0 Å². The van der Waals surface area contributed by atoms with Crippen LogP contribution in [0.4, 0.5) is 0 Å². The van der Waals surface area contributed by atoms with Gasteiger partial charge in [0.05, 0.1) is 28.2 Å². The van der Waals surface area contributed by atoms with Gasteiger partial charge in [-0.05, 0) is 22.6 Å². The van der Waals surface area contributed by atoms with Crippen LogP contribution in [0, 0.1) is 22.0 Å². The number of Topliss-reactive ketones (excluding diaryl/α,β-unsaturated/α-hetero) is 4. The van der Waals surface area contributed by atoms with Crippen molar-refractivity contribution in [1.29, 1.82) is 0 Å². The predicted octanol–water partition coefficient (Wildman–Crippen LogP) is 6.53. The first-order valence-corrected chi connectivity index (χ1v) is 19.0. The molecule has 0 amide bonds. The van der Waals surface area contributed by atoms with Gasteiger partial charge in [0.2, 0.25) is 5.70 Å². The van der Waals surface area contributed by atoms with Gasteiger partial charge in [-0.2, -0.15) is 0 Å². The molecule has 0 unspecified atom stereocenters. The Labute approximate surface area is 333 Å². The molecule has 6 aromatic carbocycles. The predicted molar refractivity (Wildman–Crippen MR) is 222 cm³/mol. The van der Waals surface area contributed by atoms with E-state index in [0.29, 0.717) is 53.0 Å². The topological polar surface area (TPSA) is 115 Å². The molecule has 0 saturated heterocycles. The van der Waals surface area contributed by atoms with Crippen LogP contribution in [0.5, 0.6) is 0 Å². The number of fused-ring (bicyclic) bond motifs is 2. The van der Waals surface area contributed by atoms with Crippen molar-refractivity contribution >= 4 is 46.7 Å². The van der Waals surface area contributed by atoms with Crippen LogP contribution in [0.1, 0.15) is 54.3 Å². The standard InChI is InChI=1S/C50H36N2O6/c53-47(33-17-5-1-6-18-33)41(48(54)34-19-7-2-8-20-34)31-43-39-27-15-13-25-37(39)29-45(51(43)57)46-30-38-26-14-16-28-40(38)44(52(46)58)32-42(49(55)35-21-9-3-10-22-35)50(56)36-23-11-4-12-24-36/h1-30,41-42H,31-32H2. The Morgan fingerprint density at radius 1 is 0.466 bits per heavy atom. The summed E-state index contributed by atoms with van der Waals surface area (Å²) in [5, 5.41) is 17.8. The van der Waals surface area contributed by atoms with Crippen molar-refractivity contribution in [2.75, 3.05) is 0 Å². The zero-order chi connectivity index (χ0) is 40.2. The highest BCUT2D eigenvalue weighted by molar-refractivity contribution is 6.17. The van der Waals surface area contributed by atoms with Crippen molar-refractivity contribution in [3.05, 3.63) is 234 Å². The summed E-state index contributed by atoms with van der Waals surface area (Å²) in [5.41, 5.74) is 1.55. The van der Waals surface area contributed by atoms with E-state index in [4.69, 9.17) is 0 Å². The number of benzene rings is 6. The second kappa shape index (κ2) is 16.4. The Hall–Kier alpha value is -7.42. The molecule has 58 heavy (non-hydrogen) atoms. The Kier molecular flexibility index (Phi) is 10.6. The van der Waals surface area contributed by atoms with E-state index in [9.17, 15) is 29.3 Å². The molecular formula is C50H36N2O6. The SMILES string of the molecule is O=C(c1ccccc1)C(CC1=c2ccccc2=CC(=C2C=c3ccccc3=C(CC(C(=O)c3ccccc3)C(=O)c3ccccc3)[N+]2=O)N1[O-])C(=O)c1ccccc1. The summed E-state index contributed by atoms with van der Waals surface area (Å²) in [4.78, 5) is 71.6. The largest absolute Gasteiger partial charge is 0.754 e. The van der Waals surface area contributed by atoms with Gasteiger partial charge in [0.1, 0.15) is 5.70 Å². The van der Waals surface area contributed by atoms with E-state index in [-0.39, 0.29) is 35.6 Å². The van der Waals surface area contributed by atoms with Gasteiger partial charge in [0, 0.05) is 50.6 Å². The summed E-state index contributed by atoms with van der Waals surface area (Å²) in [6, 6.07) is 48.3. The highest BCUT2D eigenvalue weighted by Crippen LogP contribution is 2.32. The Morgan fingerprint density at radius 2 is 0.828 bits per heavy atom. The second-order valence-electron chi connectivity index (χ2n) is 14.2. The molecule has 282 valence electrons. The van der Waals surface area contributed by atoms with Crippen LogP contribution < -0.4 is 20.9 Å². The van der Waals surface area contributed by atoms with E-state index in [1.807, 2.05) is 0 Å². The number of hydrogen-bond donors (Lipinski definition) is 0. The van der Waals surface area contributed by atoms with Crippen molar-refractivity contribution in [2.24, 2.45) is 11.8 Å². The van der Waals surface area contributed by atoms with Crippen LogP contribution in [-0.4, -0.2) is 33.0 Å². The molecule has 2 aliphatic heterocycles. The van der Waals surface area contributed by atoms with E-state index < -0.39 is 35.0 Å². The van der Waals surface area contributed by atoms with Gasteiger partial charge in [0.25, 0.3) is 5.70 Å². The van der Waals surface area contributed by atoms with Crippen molar-refractivity contribution in [3.63, 3.8) is 0 Å². The highest BCUT2D eigenvalue weighted by atomic mass is 16.5. The summed E-state index contributed by atoms with van der Waals surface area (Å²) in [6.07, 6.45) is 2.72. The maximum Gasteiger partial charge on any atom is 0.286 e. The molecule has 0 N–H and O–H groups in total. The lowest BCUT2D eigenvalue weighted by atomic mass is 9.85. The Balaban J connectivity index is 1.25. The van der Waals surface area contributed by atoms with Gasteiger partial charge in [-0.15, -0.1) is 0 Å². The van der Waals surface area contributed by atoms with Gasteiger partial charge >= 0.3 is 0 Å². The molecule has 0 atom stereocenters. The molecule has 0 radical (unpaired) electrons. The number of ketones is 4. The fraction of sp³-hybridized carbons (Fsp3) is 0.0800. The van der Waals surface area contributed by atoms with Crippen LogP contribution in [0.25, 0.3) is 23.5 Å². The zero-order valence-corrected chi connectivity index (χ0v) is 31.2. The zero-order valence-electron chi connectivity index (χ0n) is 31.2. The number of nitroso groups, excluding NO2 is 1. The molecule has 2 aliphatic rings. The van der Waals surface area contributed by atoms with E-state index in [2.05, 4.69) is 0 Å². The van der Waals surface area contributed by atoms with Crippen molar-refractivity contribution in [3.8, 4) is 0 Å². The van der Waals surface area contributed by atoms with Gasteiger partial charge in [0.15, 0.2) is 23.1 Å². The third kappa shape index (κ3) is 7.32. The molecule has 0 fully saturated rings.